The number of hydrogen-bond acceptors (Lipinski definition) is 10. The molecule has 0 spiro atoms. The summed E-state index contributed by atoms with van der Waals surface area (Å²) in [6.45, 7) is 1.05. The highest BCUT2D eigenvalue weighted by molar-refractivity contribution is 7.93. The van der Waals surface area contributed by atoms with Gasteiger partial charge in [-0.3, -0.25) is 14.9 Å². The Kier molecular flexibility index (Phi) is 5.66. The molecule has 1 aromatic heterocycles. The number of amides is 1. The first-order valence-corrected chi connectivity index (χ1v) is 11.5. The zero-order valence-corrected chi connectivity index (χ0v) is 18.6. The number of hydrogen-bond donors (Lipinski definition) is 0. The van der Waals surface area contributed by atoms with Crippen molar-refractivity contribution < 1.29 is 32.4 Å². The van der Waals surface area contributed by atoms with E-state index in [4.69, 9.17) is 9.47 Å². The van der Waals surface area contributed by atoms with Crippen LogP contribution in [0.15, 0.2) is 30.5 Å². The first-order valence-electron chi connectivity index (χ1n) is 9.91. The second kappa shape index (κ2) is 8.19. The summed E-state index contributed by atoms with van der Waals surface area (Å²) in [5, 5.41) is 17.4. The van der Waals surface area contributed by atoms with Gasteiger partial charge in [-0.05, 0) is 24.6 Å². The van der Waals surface area contributed by atoms with Crippen molar-refractivity contribution in [3.63, 3.8) is 0 Å². The van der Waals surface area contributed by atoms with Gasteiger partial charge in [0.15, 0.2) is 15.9 Å². The summed E-state index contributed by atoms with van der Waals surface area (Å²) in [4.78, 5) is 36.7. The Hall–Kier alpha value is -3.39. The fourth-order valence-corrected chi connectivity index (χ4v) is 6.53. The van der Waals surface area contributed by atoms with E-state index in [1.54, 1.807) is 0 Å². The second-order valence-electron chi connectivity index (χ2n) is 8.07. The number of nitrogens with zero attached hydrogens (tertiary/aromatic N) is 5. The minimum Gasteiger partial charge on any atom is -0.459 e. The van der Waals surface area contributed by atoms with Gasteiger partial charge in [0.1, 0.15) is 16.7 Å². The highest BCUT2D eigenvalue weighted by Gasteiger charge is 2.70. The lowest BCUT2D eigenvalue weighted by Gasteiger charge is -2.36. The van der Waals surface area contributed by atoms with E-state index in [1.165, 1.54) is 49.2 Å². The number of rotatable bonds is 8. The van der Waals surface area contributed by atoms with Gasteiger partial charge >= 0.3 is 5.97 Å². The molecule has 2 aliphatic rings. The number of sulfone groups is 1. The molecule has 0 radical (unpaired) electrons. The molecule has 33 heavy (non-hydrogen) atoms. The van der Waals surface area contributed by atoms with E-state index in [9.17, 15) is 28.1 Å². The Labute approximate surface area is 188 Å². The summed E-state index contributed by atoms with van der Waals surface area (Å²) in [6, 6.07) is 4.01. The predicted molar refractivity (Wildman–Crippen MR) is 110 cm³/mol. The van der Waals surface area contributed by atoms with Crippen molar-refractivity contribution in [2.75, 3.05) is 7.11 Å². The molecule has 3 atom stereocenters. The number of carbonyl (C=O) groups excluding carboxylic acids is 2. The quantitative estimate of drug-likeness (QED) is 0.221. The van der Waals surface area contributed by atoms with Gasteiger partial charge in [0.2, 0.25) is 5.91 Å². The molecule has 1 aromatic carbocycles. The minimum absolute atomic E-state index is 0.117. The molecule has 0 aliphatic carbocycles. The van der Waals surface area contributed by atoms with E-state index in [-0.39, 0.29) is 31.9 Å². The zero-order chi connectivity index (χ0) is 24.0. The Bertz CT molecular complexity index is 1210. The third-order valence-corrected chi connectivity index (χ3v) is 8.78. The van der Waals surface area contributed by atoms with Gasteiger partial charge < -0.3 is 14.4 Å². The van der Waals surface area contributed by atoms with Crippen molar-refractivity contribution >= 4 is 27.4 Å². The van der Waals surface area contributed by atoms with Gasteiger partial charge in [0.25, 0.3) is 5.69 Å². The first kappa shape index (κ1) is 22.8. The highest BCUT2D eigenvalue weighted by Crippen LogP contribution is 2.47. The lowest BCUT2D eigenvalue weighted by Crippen LogP contribution is -2.58. The standard InChI is InChI=1S/C19H21N5O8S/c1-19(11-22-14(10-31-2)8-20-21-22)17(23-15(25)7-16(23)33(19,29)30)18(26)32-9-12-3-5-13(6-4-12)24(27)28/h3-6,8,16-17H,7,9-11H2,1-2H3/t16-,17-,19-/m0/s1. The molecule has 1 amide bonds. The molecule has 4 rings (SSSR count). The second-order valence-corrected chi connectivity index (χ2v) is 10.6. The van der Waals surface area contributed by atoms with Crippen LogP contribution in [0.5, 0.6) is 0 Å². The van der Waals surface area contributed by atoms with Crippen molar-refractivity contribution in [3.8, 4) is 0 Å². The molecule has 3 heterocycles. The smallest absolute Gasteiger partial charge is 0.330 e. The SMILES string of the molecule is COCc1cnnn1C[C@@]1(C)[C@H](C(=O)OCc2ccc([N+](=O)[O-])cc2)N2C(=O)C[C@@H]2S1(=O)=O. The van der Waals surface area contributed by atoms with Gasteiger partial charge in [-0.1, -0.05) is 5.21 Å². The first-order chi connectivity index (χ1) is 15.6. The van der Waals surface area contributed by atoms with Crippen LogP contribution in [0.4, 0.5) is 5.69 Å². The average molecular weight is 479 g/mol. The molecule has 0 bridgehead atoms. The number of ether oxygens (including phenoxy) is 2. The number of methoxy groups -OCH3 is 1. The van der Waals surface area contributed by atoms with E-state index < -0.39 is 42.8 Å². The molecule has 2 saturated heterocycles. The Morgan fingerprint density at radius 1 is 1.30 bits per heavy atom. The molecule has 2 fully saturated rings. The molecular weight excluding hydrogens is 458 g/mol. The lowest BCUT2D eigenvalue weighted by atomic mass is 9.96. The van der Waals surface area contributed by atoms with Crippen molar-refractivity contribution in [1.29, 1.82) is 0 Å². The highest BCUT2D eigenvalue weighted by atomic mass is 32.2. The number of β-lactam (4-membered cyclic amide) rings is 1. The van der Waals surface area contributed by atoms with Crippen molar-refractivity contribution in [3.05, 3.63) is 51.8 Å². The summed E-state index contributed by atoms with van der Waals surface area (Å²) in [6.07, 6.45) is 1.22. The van der Waals surface area contributed by atoms with Gasteiger partial charge in [0, 0.05) is 19.2 Å². The van der Waals surface area contributed by atoms with Crippen LogP contribution in [0.1, 0.15) is 24.6 Å². The zero-order valence-electron chi connectivity index (χ0n) is 17.8. The summed E-state index contributed by atoms with van der Waals surface area (Å²) in [5.41, 5.74) is 0.863. The minimum atomic E-state index is -3.96. The molecular formula is C19H21N5O8S. The lowest BCUT2D eigenvalue weighted by molar-refractivity contribution is -0.384. The summed E-state index contributed by atoms with van der Waals surface area (Å²) in [7, 11) is -2.49. The normalized spacial score (nSPS) is 25.4. The van der Waals surface area contributed by atoms with E-state index in [0.29, 0.717) is 11.3 Å². The van der Waals surface area contributed by atoms with Gasteiger partial charge in [0.05, 0.1) is 36.4 Å². The molecule has 0 saturated carbocycles. The van der Waals surface area contributed by atoms with Crippen molar-refractivity contribution in [1.82, 2.24) is 19.9 Å². The van der Waals surface area contributed by atoms with Gasteiger partial charge in [-0.15, -0.1) is 5.10 Å². The summed E-state index contributed by atoms with van der Waals surface area (Å²) >= 11 is 0. The van der Waals surface area contributed by atoms with Crippen LogP contribution >= 0.6 is 0 Å². The van der Waals surface area contributed by atoms with Crippen LogP contribution in [0, 0.1) is 10.1 Å². The number of nitro groups is 1. The fraction of sp³-hybridized carbons (Fsp3) is 0.474. The summed E-state index contributed by atoms with van der Waals surface area (Å²) in [5.74, 6) is -1.34. The number of non-ortho nitro benzene ring substituents is 1. The molecule has 14 heteroatoms. The average Bonchev–Trinajstić information content (AvgIpc) is 3.25. The predicted octanol–water partition coefficient (Wildman–Crippen LogP) is 0.190. The number of esters is 1. The van der Waals surface area contributed by atoms with Crippen LogP contribution in [-0.4, -0.2) is 68.4 Å². The largest absolute Gasteiger partial charge is 0.459 e. The third-order valence-electron chi connectivity index (χ3n) is 6.02. The van der Waals surface area contributed by atoms with Gasteiger partial charge in [-0.2, -0.15) is 0 Å². The molecule has 0 unspecified atom stereocenters. The molecule has 13 nitrogen and oxygen atoms in total. The van der Waals surface area contributed by atoms with Crippen LogP contribution < -0.4 is 0 Å². The van der Waals surface area contributed by atoms with Gasteiger partial charge in [-0.25, -0.2) is 17.9 Å². The molecule has 176 valence electrons. The number of nitro benzene ring substituents is 1. The topological polar surface area (TPSA) is 164 Å². The Balaban J connectivity index is 1.60. The molecule has 2 aliphatic heterocycles. The monoisotopic (exact) mass is 479 g/mol. The number of aromatic nitrogens is 3. The van der Waals surface area contributed by atoms with Crippen molar-refractivity contribution in [2.24, 2.45) is 0 Å². The third kappa shape index (κ3) is 3.64. The van der Waals surface area contributed by atoms with E-state index in [1.807, 2.05) is 0 Å². The van der Waals surface area contributed by atoms with Crippen LogP contribution in [0.25, 0.3) is 0 Å². The Morgan fingerprint density at radius 3 is 2.61 bits per heavy atom. The van der Waals surface area contributed by atoms with Crippen molar-refractivity contribution in [2.45, 2.75) is 49.3 Å². The maximum atomic E-state index is 13.3. The maximum absolute atomic E-state index is 13.3. The van der Waals surface area contributed by atoms with Crippen LogP contribution in [-0.2, 0) is 48.7 Å². The number of carbonyl (C=O) groups is 2. The van der Waals surface area contributed by atoms with E-state index in [2.05, 4.69) is 10.3 Å². The fourth-order valence-electron chi connectivity index (χ4n) is 4.19. The number of fused-ring (bicyclic) bond motifs is 1. The van der Waals surface area contributed by atoms with Crippen LogP contribution in [0.2, 0.25) is 0 Å². The van der Waals surface area contributed by atoms with E-state index >= 15 is 0 Å². The molecule has 2 aromatic rings. The van der Waals surface area contributed by atoms with E-state index in [0.717, 1.165) is 4.90 Å². The Morgan fingerprint density at radius 2 is 2.00 bits per heavy atom. The number of benzene rings is 1. The summed E-state index contributed by atoms with van der Waals surface area (Å²) < 4.78 is 36.8. The molecule has 0 N–H and O–H groups in total. The maximum Gasteiger partial charge on any atom is 0.330 e. The van der Waals surface area contributed by atoms with Crippen LogP contribution in [0.3, 0.4) is 0 Å².